The van der Waals surface area contributed by atoms with Gasteiger partial charge in [0.15, 0.2) is 0 Å². The molecule has 2 nitrogen and oxygen atoms in total. The molecule has 0 aliphatic heterocycles. The normalized spacial score (nSPS) is 11.9. The van der Waals surface area contributed by atoms with Crippen LogP contribution in [-0.4, -0.2) is 5.97 Å². The predicted molar refractivity (Wildman–Crippen MR) is 144 cm³/mol. The first-order chi connectivity index (χ1) is 16.6. The number of carbonyl (C=O) groups is 1. The molecule has 0 radical (unpaired) electrons. The molecule has 0 fully saturated rings. The standard InChI is InChI=1S/C32H40O2/c1-4-6-7-11-26-15-19-30(20-16-26)32(33)34-31-23-21-29(22-24-31)28-17-13-27(14-18-28)12-9-8-10-25(3)5-2/h13-25H,4-12H2,1-3H3. The van der Waals surface area contributed by atoms with Crippen LogP contribution < -0.4 is 4.74 Å². The fourth-order valence-corrected chi connectivity index (χ4v) is 4.16. The Morgan fingerprint density at radius 2 is 1.24 bits per heavy atom. The molecule has 0 aromatic heterocycles. The maximum atomic E-state index is 12.5. The van der Waals surface area contributed by atoms with Crippen LogP contribution in [0.4, 0.5) is 0 Å². The number of esters is 1. The van der Waals surface area contributed by atoms with Crippen molar-refractivity contribution in [2.24, 2.45) is 5.92 Å². The predicted octanol–water partition coefficient (Wildman–Crippen LogP) is 9.06. The Hall–Kier alpha value is -2.87. The van der Waals surface area contributed by atoms with E-state index in [1.807, 2.05) is 48.5 Å². The van der Waals surface area contributed by atoms with Crippen molar-refractivity contribution in [1.82, 2.24) is 0 Å². The van der Waals surface area contributed by atoms with Crippen molar-refractivity contribution in [1.29, 1.82) is 0 Å². The summed E-state index contributed by atoms with van der Waals surface area (Å²) in [5.74, 6) is 1.09. The van der Waals surface area contributed by atoms with Crippen LogP contribution in [0.5, 0.6) is 5.75 Å². The fraction of sp³-hybridized carbons (Fsp3) is 0.406. The molecule has 0 amide bonds. The first-order valence-electron chi connectivity index (χ1n) is 13.1. The van der Waals surface area contributed by atoms with Crippen LogP contribution in [0.15, 0.2) is 72.8 Å². The number of hydrogen-bond donors (Lipinski definition) is 0. The zero-order chi connectivity index (χ0) is 24.2. The van der Waals surface area contributed by atoms with Crippen LogP contribution in [0.1, 0.15) is 87.2 Å². The smallest absolute Gasteiger partial charge is 0.343 e. The highest BCUT2D eigenvalue weighted by atomic mass is 16.5. The Bertz CT molecular complexity index is 985. The van der Waals surface area contributed by atoms with Crippen LogP contribution in [0.25, 0.3) is 11.1 Å². The third-order valence-corrected chi connectivity index (χ3v) is 6.72. The first kappa shape index (κ1) is 25.7. The zero-order valence-electron chi connectivity index (χ0n) is 21.2. The third kappa shape index (κ3) is 8.17. The summed E-state index contributed by atoms with van der Waals surface area (Å²) in [4.78, 5) is 12.5. The minimum Gasteiger partial charge on any atom is -0.423 e. The highest BCUT2D eigenvalue weighted by Gasteiger charge is 2.09. The highest BCUT2D eigenvalue weighted by Crippen LogP contribution is 2.24. The minimum absolute atomic E-state index is 0.314. The summed E-state index contributed by atoms with van der Waals surface area (Å²) < 4.78 is 5.59. The van der Waals surface area contributed by atoms with E-state index in [1.54, 1.807) is 0 Å². The lowest BCUT2D eigenvalue weighted by molar-refractivity contribution is 0.0735. The number of aryl methyl sites for hydroxylation is 2. The Kier molecular flexibility index (Phi) is 10.4. The van der Waals surface area contributed by atoms with Gasteiger partial charge in [0.05, 0.1) is 5.56 Å². The summed E-state index contributed by atoms with van der Waals surface area (Å²) in [7, 11) is 0. The molecule has 180 valence electrons. The average molecular weight is 457 g/mol. The van der Waals surface area contributed by atoms with E-state index in [9.17, 15) is 4.79 Å². The number of rotatable bonds is 13. The first-order valence-corrected chi connectivity index (χ1v) is 13.1. The summed E-state index contributed by atoms with van der Waals surface area (Å²) in [6.45, 7) is 6.82. The molecule has 1 unspecified atom stereocenters. The van der Waals surface area contributed by atoms with E-state index in [1.165, 1.54) is 61.6 Å². The average Bonchev–Trinajstić information content (AvgIpc) is 2.88. The second-order valence-electron chi connectivity index (χ2n) is 9.52. The number of hydrogen-bond acceptors (Lipinski definition) is 2. The van der Waals surface area contributed by atoms with Crippen molar-refractivity contribution in [2.75, 3.05) is 0 Å². The summed E-state index contributed by atoms with van der Waals surface area (Å²) in [6.07, 6.45) is 11.0. The van der Waals surface area contributed by atoms with Crippen LogP contribution in [0, 0.1) is 5.92 Å². The number of unbranched alkanes of at least 4 members (excludes halogenated alkanes) is 3. The molecular weight excluding hydrogens is 416 g/mol. The maximum Gasteiger partial charge on any atom is 0.343 e. The van der Waals surface area contributed by atoms with Gasteiger partial charge in [0, 0.05) is 0 Å². The van der Waals surface area contributed by atoms with Gasteiger partial charge in [-0.25, -0.2) is 4.79 Å². The Morgan fingerprint density at radius 1 is 0.706 bits per heavy atom. The van der Waals surface area contributed by atoms with Crippen molar-refractivity contribution < 1.29 is 9.53 Å². The van der Waals surface area contributed by atoms with Gasteiger partial charge in [-0.05, 0) is 78.1 Å². The van der Waals surface area contributed by atoms with E-state index in [0.29, 0.717) is 11.3 Å². The summed E-state index contributed by atoms with van der Waals surface area (Å²) in [5.41, 5.74) is 5.56. The van der Waals surface area contributed by atoms with Crippen molar-refractivity contribution in [3.8, 4) is 16.9 Å². The van der Waals surface area contributed by atoms with Gasteiger partial charge in [-0.3, -0.25) is 0 Å². The summed E-state index contributed by atoms with van der Waals surface area (Å²) in [6, 6.07) is 24.4. The second kappa shape index (κ2) is 13.7. The SMILES string of the molecule is CCCCCc1ccc(C(=O)Oc2ccc(-c3ccc(CCCCC(C)CC)cc3)cc2)cc1. The van der Waals surface area contributed by atoms with E-state index in [0.717, 1.165) is 24.3 Å². The van der Waals surface area contributed by atoms with Gasteiger partial charge in [0.1, 0.15) is 5.75 Å². The van der Waals surface area contributed by atoms with Gasteiger partial charge in [0.2, 0.25) is 0 Å². The monoisotopic (exact) mass is 456 g/mol. The van der Waals surface area contributed by atoms with E-state index < -0.39 is 0 Å². The molecule has 0 aliphatic carbocycles. The number of carbonyl (C=O) groups excluding carboxylic acids is 1. The second-order valence-corrected chi connectivity index (χ2v) is 9.52. The maximum absolute atomic E-state index is 12.5. The molecule has 0 saturated carbocycles. The molecule has 3 aromatic rings. The molecule has 0 heterocycles. The minimum atomic E-state index is -0.314. The van der Waals surface area contributed by atoms with Crippen molar-refractivity contribution in [3.05, 3.63) is 89.5 Å². The lowest BCUT2D eigenvalue weighted by atomic mass is 9.98. The van der Waals surface area contributed by atoms with Crippen molar-refractivity contribution in [3.63, 3.8) is 0 Å². The summed E-state index contributed by atoms with van der Waals surface area (Å²) >= 11 is 0. The van der Waals surface area contributed by atoms with E-state index in [2.05, 4.69) is 45.0 Å². The topological polar surface area (TPSA) is 26.3 Å². The molecule has 0 bridgehead atoms. The summed E-state index contributed by atoms with van der Waals surface area (Å²) in [5, 5.41) is 0. The van der Waals surface area contributed by atoms with Crippen LogP contribution in [0.2, 0.25) is 0 Å². The van der Waals surface area contributed by atoms with Gasteiger partial charge in [-0.2, -0.15) is 0 Å². The highest BCUT2D eigenvalue weighted by molar-refractivity contribution is 5.91. The number of ether oxygens (including phenoxy) is 1. The number of benzene rings is 3. The fourth-order valence-electron chi connectivity index (χ4n) is 4.16. The van der Waals surface area contributed by atoms with Crippen molar-refractivity contribution >= 4 is 5.97 Å². The van der Waals surface area contributed by atoms with E-state index in [-0.39, 0.29) is 5.97 Å². The molecule has 0 spiro atoms. The molecule has 0 aliphatic rings. The molecular formula is C32H40O2. The van der Waals surface area contributed by atoms with Gasteiger partial charge in [-0.15, -0.1) is 0 Å². The van der Waals surface area contributed by atoms with Crippen LogP contribution in [0.3, 0.4) is 0 Å². The molecule has 1 atom stereocenters. The van der Waals surface area contributed by atoms with Gasteiger partial charge in [-0.1, -0.05) is 101 Å². The molecule has 3 aromatic carbocycles. The van der Waals surface area contributed by atoms with Crippen molar-refractivity contribution in [2.45, 2.75) is 78.6 Å². The van der Waals surface area contributed by atoms with Crippen LogP contribution in [-0.2, 0) is 12.8 Å². The zero-order valence-corrected chi connectivity index (χ0v) is 21.2. The Balaban J connectivity index is 1.50. The Labute approximate surface area is 206 Å². The largest absolute Gasteiger partial charge is 0.423 e. The lowest BCUT2D eigenvalue weighted by Crippen LogP contribution is -2.08. The van der Waals surface area contributed by atoms with Gasteiger partial charge >= 0.3 is 5.97 Å². The third-order valence-electron chi connectivity index (χ3n) is 6.72. The van der Waals surface area contributed by atoms with E-state index in [4.69, 9.17) is 4.74 Å². The lowest BCUT2D eigenvalue weighted by Gasteiger charge is -2.09. The Morgan fingerprint density at radius 3 is 1.79 bits per heavy atom. The quantitative estimate of drug-likeness (QED) is 0.146. The molecule has 2 heteroatoms. The van der Waals surface area contributed by atoms with Gasteiger partial charge in [0.25, 0.3) is 0 Å². The molecule has 34 heavy (non-hydrogen) atoms. The van der Waals surface area contributed by atoms with Gasteiger partial charge < -0.3 is 4.74 Å². The van der Waals surface area contributed by atoms with Crippen LogP contribution >= 0.6 is 0 Å². The molecule has 3 rings (SSSR count). The molecule has 0 N–H and O–H groups in total. The molecule has 0 saturated heterocycles. The van der Waals surface area contributed by atoms with E-state index >= 15 is 0 Å².